The van der Waals surface area contributed by atoms with Crippen LogP contribution in [-0.2, 0) is 9.47 Å². The lowest BCUT2D eigenvalue weighted by Crippen LogP contribution is -2.55. The van der Waals surface area contributed by atoms with Crippen molar-refractivity contribution >= 4 is 11.9 Å². The molecule has 3 rings (SSSR count). The highest BCUT2D eigenvalue weighted by atomic mass is 16.5. The molecule has 2 fully saturated rings. The predicted octanol–water partition coefficient (Wildman–Crippen LogP) is 1.34. The average molecular weight is 334 g/mol. The van der Waals surface area contributed by atoms with Crippen LogP contribution in [0.25, 0.3) is 0 Å². The van der Waals surface area contributed by atoms with E-state index in [-0.39, 0.29) is 12.0 Å². The van der Waals surface area contributed by atoms with Gasteiger partial charge in [0.1, 0.15) is 5.69 Å². The summed E-state index contributed by atoms with van der Waals surface area (Å²) < 4.78 is 11.2. The molecule has 2 saturated heterocycles. The minimum atomic E-state index is -0.401. The van der Waals surface area contributed by atoms with E-state index in [2.05, 4.69) is 14.9 Å². The number of carbonyl (C=O) groups is 1. The minimum absolute atomic E-state index is 0.0738. The third kappa shape index (κ3) is 3.84. The molecule has 2 aliphatic heterocycles. The normalized spacial score (nSPS) is 23.5. The van der Waals surface area contributed by atoms with Crippen molar-refractivity contribution in [3.63, 3.8) is 0 Å². The van der Waals surface area contributed by atoms with Gasteiger partial charge in [0.2, 0.25) is 5.95 Å². The highest BCUT2D eigenvalue weighted by Crippen LogP contribution is 2.23. The van der Waals surface area contributed by atoms with Gasteiger partial charge in [0, 0.05) is 39.5 Å². The van der Waals surface area contributed by atoms with Crippen LogP contribution in [0.3, 0.4) is 0 Å². The molecule has 24 heavy (non-hydrogen) atoms. The Morgan fingerprint density at radius 1 is 1.42 bits per heavy atom. The molecule has 0 aliphatic carbocycles. The maximum absolute atomic E-state index is 12.9. The Kier molecular flexibility index (Phi) is 5.01. The largest absolute Gasteiger partial charge is 0.382 e. The van der Waals surface area contributed by atoms with Crippen LogP contribution in [-0.4, -0.2) is 72.4 Å². The van der Waals surface area contributed by atoms with Gasteiger partial charge in [-0.05, 0) is 32.8 Å². The molecule has 0 radical (unpaired) electrons. The Bertz CT molecular complexity index is 587. The smallest absolute Gasteiger partial charge is 0.272 e. The Morgan fingerprint density at radius 3 is 2.88 bits per heavy atom. The molecule has 7 heteroatoms. The van der Waals surface area contributed by atoms with Crippen molar-refractivity contribution in [2.45, 2.75) is 38.4 Å². The standard InChI is InChI=1S/C17H26N4O3/c1-17(2)12-21(10-13(24-17)11-23-3)15(22)14-6-7-18-16(19-14)20-8-4-5-9-20/h6-7,13H,4-5,8-12H2,1-3H3/t13-/m0/s1. The number of methoxy groups -OCH3 is 1. The van der Waals surface area contributed by atoms with Crippen molar-refractivity contribution in [2.24, 2.45) is 0 Å². The van der Waals surface area contributed by atoms with E-state index in [4.69, 9.17) is 9.47 Å². The Morgan fingerprint density at radius 2 is 2.17 bits per heavy atom. The number of hydrogen-bond donors (Lipinski definition) is 0. The summed E-state index contributed by atoms with van der Waals surface area (Å²) >= 11 is 0. The van der Waals surface area contributed by atoms with Gasteiger partial charge in [-0.25, -0.2) is 9.97 Å². The van der Waals surface area contributed by atoms with E-state index in [0.717, 1.165) is 25.9 Å². The highest BCUT2D eigenvalue weighted by molar-refractivity contribution is 5.92. The molecule has 7 nitrogen and oxygen atoms in total. The molecule has 0 spiro atoms. The molecule has 2 aliphatic rings. The van der Waals surface area contributed by atoms with Gasteiger partial charge < -0.3 is 19.3 Å². The van der Waals surface area contributed by atoms with Gasteiger partial charge in [-0.1, -0.05) is 0 Å². The molecule has 132 valence electrons. The summed E-state index contributed by atoms with van der Waals surface area (Å²) in [5.41, 5.74) is 0.0443. The van der Waals surface area contributed by atoms with Gasteiger partial charge in [0.05, 0.1) is 18.3 Å². The number of hydrogen-bond acceptors (Lipinski definition) is 6. The molecule has 1 aromatic heterocycles. The Labute approximate surface area is 143 Å². The molecule has 0 aromatic carbocycles. The van der Waals surface area contributed by atoms with Gasteiger partial charge >= 0.3 is 0 Å². The summed E-state index contributed by atoms with van der Waals surface area (Å²) in [6.45, 7) is 7.41. The number of amides is 1. The van der Waals surface area contributed by atoms with Gasteiger partial charge in [-0.15, -0.1) is 0 Å². The van der Waals surface area contributed by atoms with Crippen molar-refractivity contribution in [2.75, 3.05) is 44.8 Å². The molecular weight excluding hydrogens is 308 g/mol. The van der Waals surface area contributed by atoms with Gasteiger partial charge in [0.25, 0.3) is 5.91 Å². The van der Waals surface area contributed by atoms with Crippen molar-refractivity contribution < 1.29 is 14.3 Å². The van der Waals surface area contributed by atoms with Crippen LogP contribution in [0.1, 0.15) is 37.2 Å². The number of rotatable bonds is 4. The zero-order valence-corrected chi connectivity index (χ0v) is 14.7. The van der Waals surface area contributed by atoms with E-state index < -0.39 is 5.60 Å². The quantitative estimate of drug-likeness (QED) is 0.828. The lowest BCUT2D eigenvalue weighted by molar-refractivity contribution is -0.143. The first-order valence-corrected chi connectivity index (χ1v) is 8.52. The highest BCUT2D eigenvalue weighted by Gasteiger charge is 2.36. The maximum Gasteiger partial charge on any atom is 0.272 e. The first-order chi connectivity index (χ1) is 11.5. The molecule has 0 bridgehead atoms. The number of nitrogens with zero attached hydrogens (tertiary/aromatic N) is 4. The number of morpholine rings is 1. The molecule has 0 N–H and O–H groups in total. The first-order valence-electron chi connectivity index (χ1n) is 8.52. The van der Waals surface area contributed by atoms with Gasteiger partial charge in [-0.2, -0.15) is 0 Å². The average Bonchev–Trinajstić information content (AvgIpc) is 3.07. The van der Waals surface area contributed by atoms with Crippen molar-refractivity contribution in [3.8, 4) is 0 Å². The zero-order valence-electron chi connectivity index (χ0n) is 14.7. The monoisotopic (exact) mass is 334 g/mol. The summed E-state index contributed by atoms with van der Waals surface area (Å²) in [5, 5.41) is 0. The zero-order chi connectivity index (χ0) is 17.2. The van der Waals surface area contributed by atoms with Crippen LogP contribution in [0.5, 0.6) is 0 Å². The van der Waals surface area contributed by atoms with Gasteiger partial charge in [0.15, 0.2) is 0 Å². The lowest BCUT2D eigenvalue weighted by atomic mass is 10.0. The summed E-state index contributed by atoms with van der Waals surface area (Å²) in [6.07, 6.45) is 3.85. The van der Waals surface area contributed by atoms with Gasteiger partial charge in [-0.3, -0.25) is 4.79 Å². The lowest BCUT2D eigenvalue weighted by Gasteiger charge is -2.42. The number of aromatic nitrogens is 2. The van der Waals surface area contributed by atoms with Crippen LogP contribution in [0.2, 0.25) is 0 Å². The molecule has 1 aromatic rings. The van der Waals surface area contributed by atoms with E-state index in [9.17, 15) is 4.79 Å². The fourth-order valence-electron chi connectivity index (χ4n) is 3.42. The fourth-order valence-corrected chi connectivity index (χ4v) is 3.42. The molecule has 1 atom stereocenters. The summed E-state index contributed by atoms with van der Waals surface area (Å²) in [4.78, 5) is 25.7. The van der Waals surface area contributed by atoms with Crippen molar-refractivity contribution in [3.05, 3.63) is 18.0 Å². The van der Waals surface area contributed by atoms with E-state index >= 15 is 0 Å². The number of carbonyl (C=O) groups excluding carboxylic acids is 1. The molecule has 1 amide bonds. The van der Waals surface area contributed by atoms with E-state index in [0.29, 0.717) is 31.3 Å². The summed E-state index contributed by atoms with van der Waals surface area (Å²) in [6, 6.07) is 1.69. The SMILES string of the molecule is COC[C@@H]1CN(C(=O)c2ccnc(N3CCCC3)n2)CC(C)(C)O1. The van der Waals surface area contributed by atoms with Crippen molar-refractivity contribution in [1.29, 1.82) is 0 Å². The summed E-state index contributed by atoms with van der Waals surface area (Å²) in [5.74, 6) is 0.578. The first kappa shape index (κ1) is 17.1. The molecule has 0 saturated carbocycles. The van der Waals surface area contributed by atoms with Crippen LogP contribution in [0, 0.1) is 0 Å². The number of ether oxygens (including phenoxy) is 2. The predicted molar refractivity (Wildman–Crippen MR) is 90.2 cm³/mol. The minimum Gasteiger partial charge on any atom is -0.382 e. The Hall–Kier alpha value is -1.73. The maximum atomic E-state index is 12.9. The van der Waals surface area contributed by atoms with Crippen LogP contribution in [0.15, 0.2) is 12.3 Å². The van der Waals surface area contributed by atoms with Crippen LogP contribution >= 0.6 is 0 Å². The topological polar surface area (TPSA) is 67.8 Å². The molecular formula is C17H26N4O3. The molecule has 3 heterocycles. The Balaban J connectivity index is 1.76. The number of anilines is 1. The third-order valence-corrected chi connectivity index (χ3v) is 4.37. The fraction of sp³-hybridized carbons (Fsp3) is 0.706. The van der Waals surface area contributed by atoms with E-state index in [1.165, 1.54) is 0 Å². The second-order valence-corrected chi connectivity index (χ2v) is 7.08. The van der Waals surface area contributed by atoms with E-state index in [1.54, 1.807) is 19.4 Å². The molecule has 0 unspecified atom stereocenters. The van der Waals surface area contributed by atoms with Crippen molar-refractivity contribution in [1.82, 2.24) is 14.9 Å². The second kappa shape index (κ2) is 7.03. The van der Waals surface area contributed by atoms with Crippen LogP contribution < -0.4 is 4.90 Å². The second-order valence-electron chi connectivity index (χ2n) is 7.08. The summed E-state index contributed by atoms with van der Waals surface area (Å²) in [7, 11) is 1.64. The van der Waals surface area contributed by atoms with E-state index in [1.807, 2.05) is 18.7 Å². The van der Waals surface area contributed by atoms with Crippen LogP contribution in [0.4, 0.5) is 5.95 Å². The third-order valence-electron chi connectivity index (χ3n) is 4.37.